The summed E-state index contributed by atoms with van der Waals surface area (Å²) in [5, 5.41) is 9.41. The van der Waals surface area contributed by atoms with E-state index in [0.29, 0.717) is 54.3 Å². The Morgan fingerprint density at radius 1 is 1.20 bits per heavy atom. The second-order valence-electron chi connectivity index (χ2n) is 12.0. The van der Waals surface area contributed by atoms with E-state index in [-0.39, 0.29) is 25.1 Å². The van der Waals surface area contributed by atoms with E-state index in [0.717, 1.165) is 59.4 Å². The number of aliphatic carboxylic acids is 1. The SMILES string of the molecule is Cc1cc(C)c(CN2CCc3c(CN)cc(OC(C)CC4CCN(CC(=O)O)C4)c(Cl)c3C2=O)c(OCc2ccccc2)n1. The number of carboxylic acid groups (broad SMARTS) is 1. The maximum absolute atomic E-state index is 14.1. The minimum Gasteiger partial charge on any atom is -0.489 e. The number of rotatable bonds is 12. The highest BCUT2D eigenvalue weighted by molar-refractivity contribution is 6.35. The minimum atomic E-state index is -0.812. The molecular formula is C34H41ClN4O5. The number of hydrogen-bond donors (Lipinski definition) is 2. The molecule has 2 unspecified atom stereocenters. The van der Waals surface area contributed by atoms with Crippen molar-refractivity contribution >= 4 is 23.5 Å². The summed E-state index contributed by atoms with van der Waals surface area (Å²) in [4.78, 5) is 33.6. The fourth-order valence-corrected chi connectivity index (χ4v) is 6.68. The lowest BCUT2D eigenvalue weighted by atomic mass is 9.92. The molecule has 1 aromatic heterocycles. The van der Waals surface area contributed by atoms with Crippen molar-refractivity contribution in [2.45, 2.75) is 65.8 Å². The van der Waals surface area contributed by atoms with Crippen LogP contribution in [0.15, 0.2) is 42.5 Å². The Morgan fingerprint density at radius 2 is 1.98 bits per heavy atom. The number of benzene rings is 2. The van der Waals surface area contributed by atoms with Crippen LogP contribution in [0.3, 0.4) is 0 Å². The highest BCUT2D eigenvalue weighted by atomic mass is 35.5. The predicted octanol–water partition coefficient (Wildman–Crippen LogP) is 5.15. The first-order valence-electron chi connectivity index (χ1n) is 15.2. The van der Waals surface area contributed by atoms with Crippen LogP contribution in [0.2, 0.25) is 5.02 Å². The molecule has 0 spiro atoms. The largest absolute Gasteiger partial charge is 0.489 e. The zero-order chi connectivity index (χ0) is 31.4. The Kier molecular flexibility index (Phi) is 10.1. The van der Waals surface area contributed by atoms with Gasteiger partial charge in [0, 0.05) is 30.9 Å². The van der Waals surface area contributed by atoms with Gasteiger partial charge in [0.05, 0.1) is 29.8 Å². The molecule has 2 aromatic carbocycles. The molecular weight excluding hydrogens is 580 g/mol. The third-order valence-electron chi connectivity index (χ3n) is 8.51. The lowest BCUT2D eigenvalue weighted by molar-refractivity contribution is -0.138. The third kappa shape index (κ3) is 7.34. The molecule has 1 amide bonds. The number of amides is 1. The zero-order valence-corrected chi connectivity index (χ0v) is 26.4. The quantitative estimate of drug-likeness (QED) is 0.285. The van der Waals surface area contributed by atoms with Crippen molar-refractivity contribution in [3.63, 3.8) is 0 Å². The van der Waals surface area contributed by atoms with Gasteiger partial charge in [0.15, 0.2) is 0 Å². The minimum absolute atomic E-state index is 0.0552. The number of aryl methyl sites for hydroxylation is 2. The van der Waals surface area contributed by atoms with Crippen molar-refractivity contribution < 1.29 is 24.2 Å². The molecule has 2 aliphatic rings. The van der Waals surface area contributed by atoms with Gasteiger partial charge in [0.2, 0.25) is 5.88 Å². The van der Waals surface area contributed by atoms with Crippen LogP contribution in [0, 0.1) is 19.8 Å². The van der Waals surface area contributed by atoms with E-state index in [1.54, 1.807) is 4.90 Å². The van der Waals surface area contributed by atoms with Crippen LogP contribution in [0.4, 0.5) is 0 Å². The number of nitrogens with two attached hydrogens (primary N) is 1. The molecule has 10 heteroatoms. The van der Waals surface area contributed by atoms with E-state index in [2.05, 4.69) is 4.98 Å². The highest BCUT2D eigenvalue weighted by Gasteiger charge is 2.33. The fourth-order valence-electron chi connectivity index (χ4n) is 6.39. The first-order chi connectivity index (χ1) is 21.1. The van der Waals surface area contributed by atoms with Gasteiger partial charge in [-0.05, 0) is 86.9 Å². The number of nitrogens with zero attached hydrogens (tertiary/aromatic N) is 3. The Balaban J connectivity index is 1.34. The molecule has 9 nitrogen and oxygen atoms in total. The molecule has 3 aromatic rings. The van der Waals surface area contributed by atoms with Crippen molar-refractivity contribution in [2.24, 2.45) is 11.7 Å². The van der Waals surface area contributed by atoms with E-state index >= 15 is 0 Å². The van der Waals surface area contributed by atoms with Gasteiger partial charge in [0.1, 0.15) is 12.4 Å². The fraction of sp³-hybridized carbons (Fsp3) is 0.441. The molecule has 3 heterocycles. The summed E-state index contributed by atoms with van der Waals surface area (Å²) in [5.41, 5.74) is 12.1. The van der Waals surface area contributed by atoms with Gasteiger partial charge >= 0.3 is 5.97 Å². The Bertz CT molecular complexity index is 1520. The van der Waals surface area contributed by atoms with Gasteiger partial charge in [-0.15, -0.1) is 0 Å². The number of pyridine rings is 1. The molecule has 0 saturated carbocycles. The Morgan fingerprint density at radius 3 is 2.70 bits per heavy atom. The average Bonchev–Trinajstić information content (AvgIpc) is 3.41. The summed E-state index contributed by atoms with van der Waals surface area (Å²) in [6, 6.07) is 13.8. The van der Waals surface area contributed by atoms with Gasteiger partial charge in [-0.1, -0.05) is 41.9 Å². The molecule has 1 fully saturated rings. The van der Waals surface area contributed by atoms with Crippen LogP contribution in [0.25, 0.3) is 0 Å². The van der Waals surface area contributed by atoms with Crippen molar-refractivity contribution in [2.75, 3.05) is 26.2 Å². The van der Waals surface area contributed by atoms with Crippen LogP contribution in [-0.2, 0) is 30.9 Å². The number of hydrogen-bond acceptors (Lipinski definition) is 7. The number of carboxylic acids is 1. The second kappa shape index (κ2) is 14.0. The number of carbonyl (C=O) groups is 2. The van der Waals surface area contributed by atoms with Crippen LogP contribution >= 0.6 is 11.6 Å². The van der Waals surface area contributed by atoms with Crippen LogP contribution in [0.1, 0.15) is 63.6 Å². The van der Waals surface area contributed by atoms with Gasteiger partial charge < -0.3 is 25.2 Å². The summed E-state index contributed by atoms with van der Waals surface area (Å²) < 4.78 is 12.5. The molecule has 234 valence electrons. The topological polar surface area (TPSA) is 118 Å². The lowest BCUT2D eigenvalue weighted by Crippen LogP contribution is -2.38. The maximum Gasteiger partial charge on any atom is 0.317 e. The van der Waals surface area contributed by atoms with Crippen LogP contribution < -0.4 is 15.2 Å². The first-order valence-corrected chi connectivity index (χ1v) is 15.6. The van der Waals surface area contributed by atoms with Crippen molar-refractivity contribution in [3.05, 3.63) is 86.6 Å². The summed E-state index contributed by atoms with van der Waals surface area (Å²) in [6.07, 6.45) is 2.13. The summed E-state index contributed by atoms with van der Waals surface area (Å²) in [7, 11) is 0. The number of likely N-dealkylation sites (tertiary alicyclic amines) is 1. The predicted molar refractivity (Wildman–Crippen MR) is 169 cm³/mol. The standard InChI is InChI=1S/C34H41ClN4O5/c1-21-13-22(2)37-33(43-20-24-7-5-4-6-8-24)28(21)18-39-12-10-27-26(16-36)15-29(32(35)31(27)34(39)42)44-23(3)14-25-9-11-38(17-25)19-30(40)41/h4-8,13,15,23,25H,9-12,14,16-20,36H2,1-3H3,(H,40,41). The molecule has 2 aliphatic heterocycles. The highest BCUT2D eigenvalue weighted by Crippen LogP contribution is 2.39. The molecule has 3 N–H and O–H groups in total. The lowest BCUT2D eigenvalue weighted by Gasteiger charge is -2.32. The number of halogens is 1. The first kappa shape index (κ1) is 31.8. The smallest absolute Gasteiger partial charge is 0.317 e. The number of carbonyl (C=O) groups excluding carboxylic acids is 1. The third-order valence-corrected chi connectivity index (χ3v) is 8.89. The average molecular weight is 621 g/mol. The molecule has 0 bridgehead atoms. The van der Waals surface area contributed by atoms with Crippen molar-refractivity contribution in [3.8, 4) is 11.6 Å². The van der Waals surface area contributed by atoms with Gasteiger partial charge in [-0.3, -0.25) is 14.5 Å². The molecule has 5 rings (SSSR count). The normalized spacial score (nSPS) is 17.4. The van der Waals surface area contributed by atoms with E-state index in [1.165, 1.54) is 0 Å². The monoisotopic (exact) mass is 620 g/mol. The van der Waals surface area contributed by atoms with Crippen molar-refractivity contribution in [1.29, 1.82) is 0 Å². The molecule has 2 atom stereocenters. The Hall–Kier alpha value is -3.66. The van der Waals surface area contributed by atoms with Gasteiger partial charge in [-0.25, -0.2) is 4.98 Å². The van der Waals surface area contributed by atoms with E-state index in [1.807, 2.05) is 68.1 Å². The maximum atomic E-state index is 14.1. The summed E-state index contributed by atoms with van der Waals surface area (Å²) in [6.45, 7) is 8.98. The van der Waals surface area contributed by atoms with Gasteiger partial charge in [-0.2, -0.15) is 0 Å². The molecule has 0 radical (unpaired) electrons. The molecule has 44 heavy (non-hydrogen) atoms. The van der Waals surface area contributed by atoms with Crippen molar-refractivity contribution in [1.82, 2.24) is 14.8 Å². The van der Waals surface area contributed by atoms with E-state index < -0.39 is 5.97 Å². The number of aromatic nitrogens is 1. The summed E-state index contributed by atoms with van der Waals surface area (Å²) >= 11 is 6.94. The number of fused-ring (bicyclic) bond motifs is 1. The zero-order valence-electron chi connectivity index (χ0n) is 25.6. The van der Waals surface area contributed by atoms with Gasteiger partial charge in [0.25, 0.3) is 5.91 Å². The Labute approximate surface area is 263 Å². The van der Waals surface area contributed by atoms with E-state index in [9.17, 15) is 9.59 Å². The molecule has 1 saturated heterocycles. The van der Waals surface area contributed by atoms with Crippen LogP contribution in [0.5, 0.6) is 11.6 Å². The second-order valence-corrected chi connectivity index (χ2v) is 12.3. The summed E-state index contributed by atoms with van der Waals surface area (Å²) in [5.74, 6) is 0.329. The van der Waals surface area contributed by atoms with E-state index in [4.69, 9.17) is 31.9 Å². The molecule has 0 aliphatic carbocycles. The number of ether oxygens (including phenoxy) is 2. The van der Waals surface area contributed by atoms with Crippen LogP contribution in [-0.4, -0.2) is 64.0 Å².